The molecule has 1 aliphatic rings. The highest BCUT2D eigenvalue weighted by Crippen LogP contribution is 2.26. The van der Waals surface area contributed by atoms with Gasteiger partial charge in [0.25, 0.3) is 0 Å². The van der Waals surface area contributed by atoms with Crippen LogP contribution in [0.3, 0.4) is 0 Å². The summed E-state index contributed by atoms with van der Waals surface area (Å²) < 4.78 is 27.5. The van der Waals surface area contributed by atoms with E-state index in [2.05, 4.69) is 17.6 Å². The third-order valence-electron chi connectivity index (χ3n) is 6.92. The molecule has 34 heavy (non-hydrogen) atoms. The van der Waals surface area contributed by atoms with Crippen molar-refractivity contribution < 1.29 is 18.0 Å². The number of amides is 2. The minimum absolute atomic E-state index is 0.00126. The first-order chi connectivity index (χ1) is 16.0. The zero-order valence-electron chi connectivity index (χ0n) is 21.2. The quantitative estimate of drug-likeness (QED) is 0.364. The number of sulfonamides is 1. The highest BCUT2D eigenvalue weighted by molar-refractivity contribution is 7.89. The molecule has 0 bridgehead atoms. The molecule has 0 saturated carbocycles. The third kappa shape index (κ3) is 7.43. The second-order valence-corrected chi connectivity index (χ2v) is 11.6. The molecule has 0 atom stereocenters. The monoisotopic (exact) mass is 494 g/mol. The Morgan fingerprint density at radius 2 is 1.65 bits per heavy atom. The maximum Gasteiger partial charge on any atom is 0.243 e. The standard InChI is InChI=1S/C25H42N4O4S/c1-5-6-7-8-9-10-23(30)28-25(24(26)31)12-14-29(15-13-25)34(32,33)16-11-22-19(2)17-21(27-4)18-20(22)3/h17-18,27H,5-16H2,1-4H3,(H2,26,31)(H,28,30). The van der Waals surface area contributed by atoms with Gasteiger partial charge in [-0.25, -0.2) is 12.7 Å². The molecule has 0 radical (unpaired) electrons. The first-order valence-electron chi connectivity index (χ1n) is 12.4. The summed E-state index contributed by atoms with van der Waals surface area (Å²) in [5, 5.41) is 5.95. The predicted molar refractivity (Wildman–Crippen MR) is 137 cm³/mol. The Morgan fingerprint density at radius 3 is 2.18 bits per heavy atom. The van der Waals surface area contributed by atoms with Gasteiger partial charge in [-0.15, -0.1) is 0 Å². The van der Waals surface area contributed by atoms with E-state index in [1.165, 1.54) is 4.31 Å². The van der Waals surface area contributed by atoms with Crippen LogP contribution in [0.1, 0.15) is 75.0 Å². The lowest BCUT2D eigenvalue weighted by Crippen LogP contribution is -2.62. The first kappa shape index (κ1) is 28.1. The van der Waals surface area contributed by atoms with Gasteiger partial charge in [0.1, 0.15) is 5.54 Å². The fourth-order valence-electron chi connectivity index (χ4n) is 4.69. The average Bonchev–Trinajstić information content (AvgIpc) is 2.78. The van der Waals surface area contributed by atoms with Crippen molar-refractivity contribution in [1.82, 2.24) is 9.62 Å². The Labute approximate surface area is 205 Å². The summed E-state index contributed by atoms with van der Waals surface area (Å²) in [6.45, 7) is 6.45. The number of nitrogens with one attached hydrogen (secondary N) is 2. The first-order valence-corrected chi connectivity index (χ1v) is 14.0. The topological polar surface area (TPSA) is 122 Å². The van der Waals surface area contributed by atoms with E-state index in [9.17, 15) is 18.0 Å². The maximum atomic E-state index is 13.0. The van der Waals surface area contributed by atoms with Crippen LogP contribution in [0.2, 0.25) is 0 Å². The van der Waals surface area contributed by atoms with Gasteiger partial charge in [0.2, 0.25) is 21.8 Å². The Balaban J connectivity index is 1.95. The molecular formula is C25H42N4O4S. The Bertz CT molecular complexity index is 931. The number of hydrogen-bond donors (Lipinski definition) is 3. The fourth-order valence-corrected chi connectivity index (χ4v) is 6.15. The molecule has 0 unspecified atom stereocenters. The number of primary amides is 1. The number of rotatable bonds is 13. The van der Waals surface area contributed by atoms with E-state index >= 15 is 0 Å². The smallest absolute Gasteiger partial charge is 0.243 e. The summed E-state index contributed by atoms with van der Waals surface area (Å²) in [5.41, 5.74) is 8.65. The molecule has 1 heterocycles. The van der Waals surface area contributed by atoms with E-state index in [-0.39, 0.29) is 37.6 Å². The van der Waals surface area contributed by atoms with Crippen LogP contribution in [0.4, 0.5) is 5.69 Å². The number of aryl methyl sites for hydroxylation is 2. The molecule has 2 amide bonds. The number of piperidine rings is 1. The highest BCUT2D eigenvalue weighted by Gasteiger charge is 2.43. The van der Waals surface area contributed by atoms with Crippen molar-refractivity contribution in [3.8, 4) is 0 Å². The molecule has 2 rings (SSSR count). The number of unbranched alkanes of at least 4 members (excludes halogenated alkanes) is 4. The van der Waals surface area contributed by atoms with E-state index in [4.69, 9.17) is 5.73 Å². The number of carbonyl (C=O) groups excluding carboxylic acids is 2. The molecule has 1 fully saturated rings. The molecule has 0 aliphatic carbocycles. The van der Waals surface area contributed by atoms with Crippen LogP contribution < -0.4 is 16.4 Å². The number of carbonyl (C=O) groups is 2. The minimum Gasteiger partial charge on any atom is -0.388 e. The molecule has 192 valence electrons. The lowest BCUT2D eigenvalue weighted by Gasteiger charge is -2.39. The molecule has 0 aromatic heterocycles. The Morgan fingerprint density at radius 1 is 1.06 bits per heavy atom. The molecule has 4 N–H and O–H groups in total. The van der Waals surface area contributed by atoms with E-state index in [0.29, 0.717) is 12.8 Å². The molecule has 1 aliphatic heterocycles. The van der Waals surface area contributed by atoms with E-state index in [1.54, 1.807) is 0 Å². The van der Waals surface area contributed by atoms with Gasteiger partial charge >= 0.3 is 0 Å². The van der Waals surface area contributed by atoms with Crippen molar-refractivity contribution in [1.29, 1.82) is 0 Å². The van der Waals surface area contributed by atoms with Crippen LogP contribution in [-0.4, -0.2) is 56.0 Å². The normalized spacial score (nSPS) is 16.2. The van der Waals surface area contributed by atoms with Gasteiger partial charge < -0.3 is 16.4 Å². The van der Waals surface area contributed by atoms with Gasteiger partial charge in [-0.1, -0.05) is 32.6 Å². The number of hydrogen-bond acceptors (Lipinski definition) is 5. The molecule has 1 aromatic rings. The minimum atomic E-state index is -3.51. The predicted octanol–water partition coefficient (Wildman–Crippen LogP) is 3.01. The van der Waals surface area contributed by atoms with E-state index < -0.39 is 21.5 Å². The Hall–Kier alpha value is -2.13. The lowest BCUT2D eigenvalue weighted by atomic mass is 9.87. The molecule has 0 spiro atoms. The van der Waals surface area contributed by atoms with Crippen molar-refractivity contribution >= 4 is 27.5 Å². The third-order valence-corrected chi connectivity index (χ3v) is 8.79. The van der Waals surface area contributed by atoms with Crippen molar-refractivity contribution in [2.24, 2.45) is 5.73 Å². The zero-order chi connectivity index (χ0) is 25.4. The van der Waals surface area contributed by atoms with E-state index in [1.807, 2.05) is 33.0 Å². The number of nitrogens with zero attached hydrogens (tertiary/aromatic N) is 1. The summed E-state index contributed by atoms with van der Waals surface area (Å²) in [6, 6.07) is 4.03. The summed E-state index contributed by atoms with van der Waals surface area (Å²) in [7, 11) is -1.65. The number of benzene rings is 1. The summed E-state index contributed by atoms with van der Waals surface area (Å²) >= 11 is 0. The van der Waals surface area contributed by atoms with Crippen molar-refractivity contribution in [3.05, 3.63) is 28.8 Å². The van der Waals surface area contributed by atoms with Crippen LogP contribution in [0, 0.1) is 13.8 Å². The highest BCUT2D eigenvalue weighted by atomic mass is 32.2. The lowest BCUT2D eigenvalue weighted by molar-refractivity contribution is -0.133. The van der Waals surface area contributed by atoms with E-state index in [0.717, 1.165) is 54.5 Å². The molecule has 1 aromatic carbocycles. The zero-order valence-corrected chi connectivity index (χ0v) is 22.0. The van der Waals surface area contributed by atoms with Crippen molar-refractivity contribution in [3.63, 3.8) is 0 Å². The van der Waals surface area contributed by atoms with Gasteiger partial charge in [0, 0.05) is 32.2 Å². The SMILES string of the molecule is CCCCCCCC(=O)NC1(C(N)=O)CCN(S(=O)(=O)CCc2c(C)cc(NC)cc2C)CC1. The largest absolute Gasteiger partial charge is 0.388 e. The molecule has 1 saturated heterocycles. The second-order valence-electron chi connectivity index (χ2n) is 9.46. The molecular weight excluding hydrogens is 452 g/mol. The van der Waals surface area contributed by atoms with Gasteiger partial charge in [-0.3, -0.25) is 9.59 Å². The number of nitrogens with two attached hydrogens (primary N) is 1. The van der Waals surface area contributed by atoms with Crippen LogP contribution in [-0.2, 0) is 26.0 Å². The van der Waals surface area contributed by atoms with Crippen molar-refractivity contribution in [2.45, 2.75) is 84.1 Å². The number of anilines is 1. The summed E-state index contributed by atoms with van der Waals surface area (Å²) in [4.78, 5) is 24.7. The van der Waals surface area contributed by atoms with Crippen LogP contribution in [0.5, 0.6) is 0 Å². The molecule has 8 nitrogen and oxygen atoms in total. The second kappa shape index (κ2) is 12.5. The van der Waals surface area contributed by atoms with Gasteiger partial charge in [0.15, 0.2) is 0 Å². The Kier molecular flexibility index (Phi) is 10.4. The average molecular weight is 495 g/mol. The van der Waals surface area contributed by atoms with Crippen molar-refractivity contribution in [2.75, 3.05) is 31.2 Å². The fraction of sp³-hybridized carbons (Fsp3) is 0.680. The van der Waals surface area contributed by atoms with Gasteiger partial charge in [-0.2, -0.15) is 0 Å². The van der Waals surface area contributed by atoms with Crippen LogP contribution in [0.25, 0.3) is 0 Å². The van der Waals surface area contributed by atoms with Gasteiger partial charge in [-0.05, 0) is 68.4 Å². The van der Waals surface area contributed by atoms with Gasteiger partial charge in [0.05, 0.1) is 5.75 Å². The summed E-state index contributed by atoms with van der Waals surface area (Å²) in [6.07, 6.45) is 6.30. The molecule has 9 heteroatoms. The maximum absolute atomic E-state index is 13.0. The summed E-state index contributed by atoms with van der Waals surface area (Å²) in [5.74, 6) is -0.788. The van der Waals surface area contributed by atoms with Crippen LogP contribution >= 0.6 is 0 Å². The van der Waals surface area contributed by atoms with Crippen LogP contribution in [0.15, 0.2) is 12.1 Å².